The van der Waals surface area contributed by atoms with E-state index in [1.807, 2.05) is 53.7 Å². The molecule has 6 heteroatoms. The van der Waals surface area contributed by atoms with Gasteiger partial charge in [0.2, 0.25) is 5.91 Å². The lowest BCUT2D eigenvalue weighted by Crippen LogP contribution is -2.36. The topological polar surface area (TPSA) is 66.5 Å². The lowest BCUT2D eigenvalue weighted by molar-refractivity contribution is -0.121. The van der Waals surface area contributed by atoms with Crippen LogP contribution in [0.5, 0.6) is 0 Å². The number of anilines is 2. The molecule has 1 heterocycles. The van der Waals surface area contributed by atoms with Crippen molar-refractivity contribution >= 4 is 27.3 Å². The third kappa shape index (κ3) is 3.65. The number of benzene rings is 2. The summed E-state index contributed by atoms with van der Waals surface area (Å²) in [6.07, 6.45) is 0. The molecule has 0 saturated carbocycles. The van der Waals surface area contributed by atoms with E-state index in [0.717, 1.165) is 22.4 Å². The number of carbonyl (C=O) groups is 1. The van der Waals surface area contributed by atoms with E-state index in [1.54, 1.807) is 29.2 Å². The van der Waals surface area contributed by atoms with Crippen molar-refractivity contribution in [1.82, 2.24) is 0 Å². The van der Waals surface area contributed by atoms with Crippen molar-refractivity contribution in [2.45, 2.75) is 51.9 Å². The first-order valence-corrected chi connectivity index (χ1v) is 11.0. The largest absolute Gasteiger partial charge is 0.311 e. The van der Waals surface area contributed by atoms with Crippen molar-refractivity contribution in [1.29, 1.82) is 0 Å². The first-order valence-electron chi connectivity index (χ1n) is 9.48. The number of carbonyl (C=O) groups excluding carboxylic acids is 1. The van der Waals surface area contributed by atoms with Crippen molar-refractivity contribution in [3.05, 3.63) is 53.1 Å². The number of nitrogens with one attached hydrogen (secondary N) is 1. The monoisotopic (exact) mass is 400 g/mol. The Morgan fingerprint density at radius 3 is 2.39 bits per heavy atom. The summed E-state index contributed by atoms with van der Waals surface area (Å²) in [5, 5.41) is 0. The molecule has 0 unspecified atom stereocenters. The molecule has 2 aromatic carbocycles. The standard InChI is InChI=1S/C22H28N2O3S/c1-14(2)21(25)24-13-22(5,6)18-12-17(8-10-20(18)24)28(26,27)23-19-9-7-15(3)11-16(19)4/h7-12,14,23H,13H2,1-6H3. The van der Waals surface area contributed by atoms with Gasteiger partial charge in [-0.05, 0) is 49.2 Å². The molecule has 0 saturated heterocycles. The van der Waals surface area contributed by atoms with E-state index in [2.05, 4.69) is 4.72 Å². The van der Waals surface area contributed by atoms with Gasteiger partial charge in [0.15, 0.2) is 0 Å². The molecule has 28 heavy (non-hydrogen) atoms. The Morgan fingerprint density at radius 2 is 1.79 bits per heavy atom. The summed E-state index contributed by atoms with van der Waals surface area (Å²) in [7, 11) is -3.73. The molecule has 1 aliphatic heterocycles. The molecule has 0 atom stereocenters. The van der Waals surface area contributed by atoms with Gasteiger partial charge in [0.05, 0.1) is 10.6 Å². The first kappa shape index (κ1) is 20.4. The first-order chi connectivity index (χ1) is 12.9. The zero-order valence-electron chi connectivity index (χ0n) is 17.3. The highest BCUT2D eigenvalue weighted by Gasteiger charge is 2.39. The fraction of sp³-hybridized carbons (Fsp3) is 0.409. The maximum Gasteiger partial charge on any atom is 0.261 e. The van der Waals surface area contributed by atoms with Gasteiger partial charge in [-0.3, -0.25) is 9.52 Å². The van der Waals surface area contributed by atoms with Crippen LogP contribution in [0.1, 0.15) is 44.4 Å². The minimum atomic E-state index is -3.73. The van der Waals surface area contributed by atoms with Crippen molar-refractivity contribution in [3.63, 3.8) is 0 Å². The molecule has 1 aliphatic rings. The predicted molar refractivity (Wildman–Crippen MR) is 113 cm³/mol. The molecule has 3 rings (SSSR count). The number of hydrogen-bond acceptors (Lipinski definition) is 3. The quantitative estimate of drug-likeness (QED) is 0.828. The molecule has 2 aromatic rings. The van der Waals surface area contributed by atoms with E-state index in [9.17, 15) is 13.2 Å². The summed E-state index contributed by atoms with van der Waals surface area (Å²) < 4.78 is 28.7. The molecule has 0 radical (unpaired) electrons. The van der Waals surface area contributed by atoms with E-state index >= 15 is 0 Å². The van der Waals surface area contributed by atoms with Crippen molar-refractivity contribution in [3.8, 4) is 0 Å². The van der Waals surface area contributed by atoms with Gasteiger partial charge in [-0.1, -0.05) is 45.4 Å². The molecule has 0 fully saturated rings. The maximum atomic E-state index is 13.0. The van der Waals surface area contributed by atoms with Crippen LogP contribution in [0.2, 0.25) is 0 Å². The number of rotatable bonds is 4. The predicted octanol–water partition coefficient (Wildman–Crippen LogP) is 4.38. The minimum absolute atomic E-state index is 0.0517. The number of aryl methyl sites for hydroxylation is 2. The third-order valence-corrected chi connectivity index (χ3v) is 6.60. The van der Waals surface area contributed by atoms with Crippen molar-refractivity contribution in [2.75, 3.05) is 16.2 Å². The molecule has 0 aliphatic carbocycles. The molecule has 0 bridgehead atoms. The van der Waals surface area contributed by atoms with Gasteiger partial charge >= 0.3 is 0 Å². The van der Waals surface area contributed by atoms with E-state index in [-0.39, 0.29) is 22.1 Å². The second-order valence-corrected chi connectivity index (χ2v) is 10.2. The molecular weight excluding hydrogens is 372 g/mol. The van der Waals surface area contributed by atoms with Crippen LogP contribution in [-0.4, -0.2) is 20.9 Å². The Bertz CT molecular complexity index is 1040. The Labute approximate surface area is 167 Å². The van der Waals surface area contributed by atoms with Gasteiger partial charge in [0, 0.05) is 23.6 Å². The van der Waals surface area contributed by atoms with Crippen molar-refractivity contribution in [2.24, 2.45) is 5.92 Å². The molecule has 1 amide bonds. The minimum Gasteiger partial charge on any atom is -0.311 e. The third-order valence-electron chi connectivity index (χ3n) is 5.24. The van der Waals surface area contributed by atoms with E-state index in [4.69, 9.17) is 0 Å². The Hall–Kier alpha value is -2.34. The summed E-state index contributed by atoms with van der Waals surface area (Å²) in [6.45, 7) is 12.2. The van der Waals surface area contributed by atoms with E-state index in [0.29, 0.717) is 12.2 Å². The fourth-order valence-electron chi connectivity index (χ4n) is 3.67. The van der Waals surface area contributed by atoms with Crippen LogP contribution in [0.3, 0.4) is 0 Å². The Balaban J connectivity index is 2.00. The van der Waals surface area contributed by atoms with Gasteiger partial charge in [-0.2, -0.15) is 0 Å². The van der Waals surface area contributed by atoms with Crippen molar-refractivity contribution < 1.29 is 13.2 Å². The van der Waals surface area contributed by atoms with Gasteiger partial charge in [-0.15, -0.1) is 0 Å². The Morgan fingerprint density at radius 1 is 1.11 bits per heavy atom. The van der Waals surface area contributed by atoms with Gasteiger partial charge in [0.1, 0.15) is 0 Å². The van der Waals surface area contributed by atoms with Crippen LogP contribution >= 0.6 is 0 Å². The highest BCUT2D eigenvalue weighted by Crippen LogP contribution is 2.42. The zero-order valence-corrected chi connectivity index (χ0v) is 18.1. The van der Waals surface area contributed by atoms with Gasteiger partial charge in [-0.25, -0.2) is 8.42 Å². The summed E-state index contributed by atoms with van der Waals surface area (Å²) in [5.74, 6) is -0.0628. The number of sulfonamides is 1. The average molecular weight is 401 g/mol. The normalized spacial score (nSPS) is 15.6. The molecule has 0 aromatic heterocycles. The highest BCUT2D eigenvalue weighted by atomic mass is 32.2. The average Bonchev–Trinajstić information content (AvgIpc) is 2.87. The van der Waals surface area contributed by atoms with E-state index < -0.39 is 10.0 Å². The molecule has 5 nitrogen and oxygen atoms in total. The number of fused-ring (bicyclic) bond motifs is 1. The smallest absolute Gasteiger partial charge is 0.261 e. The van der Waals surface area contributed by atoms with Gasteiger partial charge in [0.25, 0.3) is 10.0 Å². The SMILES string of the molecule is Cc1ccc(NS(=O)(=O)c2ccc3c(c2)C(C)(C)CN3C(=O)C(C)C)c(C)c1. The summed E-state index contributed by atoms with van der Waals surface area (Å²) in [6, 6.07) is 10.6. The lowest BCUT2D eigenvalue weighted by atomic mass is 9.87. The summed E-state index contributed by atoms with van der Waals surface area (Å²) in [4.78, 5) is 14.6. The Kier molecular flexibility index (Phi) is 5.04. The number of amides is 1. The van der Waals surface area contributed by atoms with E-state index in [1.165, 1.54) is 0 Å². The molecule has 0 spiro atoms. The van der Waals surface area contributed by atoms with Gasteiger partial charge < -0.3 is 4.90 Å². The van der Waals surface area contributed by atoms with Crippen LogP contribution in [0.15, 0.2) is 41.3 Å². The number of hydrogen-bond donors (Lipinski definition) is 1. The zero-order chi connectivity index (χ0) is 20.9. The van der Waals surface area contributed by atoms with Crippen LogP contribution in [0.25, 0.3) is 0 Å². The van der Waals surface area contributed by atoms with Crippen LogP contribution < -0.4 is 9.62 Å². The molecule has 150 valence electrons. The van der Waals surface area contributed by atoms with Crippen LogP contribution in [0, 0.1) is 19.8 Å². The summed E-state index contributed by atoms with van der Waals surface area (Å²) >= 11 is 0. The lowest BCUT2D eigenvalue weighted by Gasteiger charge is -2.22. The van der Waals surface area contributed by atoms with Crippen LogP contribution in [-0.2, 0) is 20.2 Å². The maximum absolute atomic E-state index is 13.0. The van der Waals surface area contributed by atoms with Crippen LogP contribution in [0.4, 0.5) is 11.4 Å². The second-order valence-electron chi connectivity index (χ2n) is 8.57. The second kappa shape index (κ2) is 6.92. The molecular formula is C22H28N2O3S. The highest BCUT2D eigenvalue weighted by molar-refractivity contribution is 7.92. The number of nitrogens with zero attached hydrogens (tertiary/aromatic N) is 1. The fourth-order valence-corrected chi connectivity index (χ4v) is 4.82. The summed E-state index contributed by atoms with van der Waals surface area (Å²) in [5.41, 5.74) is 3.89. The molecule has 1 N–H and O–H groups in total.